The first-order valence-electron chi connectivity index (χ1n) is 12.9. The molecule has 39 heavy (non-hydrogen) atoms. The lowest BCUT2D eigenvalue weighted by atomic mass is 10.1. The van der Waals surface area contributed by atoms with Gasteiger partial charge in [-0.3, -0.25) is 14.6 Å². The number of pyridine rings is 2. The number of nitrogens with two attached hydrogens (primary N) is 1. The monoisotopic (exact) mass is 545 g/mol. The van der Waals surface area contributed by atoms with E-state index in [4.69, 9.17) is 10.5 Å². The summed E-state index contributed by atoms with van der Waals surface area (Å²) in [6, 6.07) is 15.6. The highest BCUT2D eigenvalue weighted by Gasteiger charge is 2.29. The number of carbonyl (C=O) groups is 2. The van der Waals surface area contributed by atoms with Gasteiger partial charge in [-0.2, -0.15) is 5.10 Å². The Morgan fingerprint density at radius 2 is 1.82 bits per heavy atom. The maximum atomic E-state index is 13.6. The molecule has 0 spiro atoms. The third kappa shape index (κ3) is 7.06. The molecule has 1 atom stereocenters. The molecule has 3 N–H and O–H groups in total. The molecule has 4 aromatic rings. The van der Waals surface area contributed by atoms with Gasteiger partial charge in [0.15, 0.2) is 0 Å². The lowest BCUT2D eigenvalue weighted by Gasteiger charge is -2.28. The minimum absolute atomic E-state index is 0.186. The van der Waals surface area contributed by atoms with Gasteiger partial charge in [-0.1, -0.05) is 56.0 Å². The van der Waals surface area contributed by atoms with Gasteiger partial charge in [-0.15, -0.1) is 0 Å². The summed E-state index contributed by atoms with van der Waals surface area (Å²) >= 11 is 0. The predicted molar refractivity (Wildman–Crippen MR) is 154 cm³/mol. The number of carbonyl (C=O) groups excluding carboxylic acids is 2. The fraction of sp³-hybridized carbons (Fsp3) is 0.321. The molecular formula is C28H35N7O3Si. The number of rotatable bonds is 10. The maximum absolute atomic E-state index is 13.6. The number of hydrogen-bond acceptors (Lipinski definition) is 7. The summed E-state index contributed by atoms with van der Waals surface area (Å²) in [5, 5.41) is 7.70. The van der Waals surface area contributed by atoms with E-state index >= 15 is 0 Å². The van der Waals surface area contributed by atoms with Gasteiger partial charge in [0, 0.05) is 27.4 Å². The van der Waals surface area contributed by atoms with Crippen LogP contribution in [0.5, 0.6) is 0 Å². The van der Waals surface area contributed by atoms with Crippen LogP contribution in [0.3, 0.4) is 0 Å². The Balaban J connectivity index is 1.58. The molecule has 3 heterocycles. The number of anilines is 2. The molecular weight excluding hydrogens is 510 g/mol. The third-order valence-electron chi connectivity index (χ3n) is 6.40. The predicted octanol–water partition coefficient (Wildman–Crippen LogP) is 4.45. The molecule has 0 bridgehead atoms. The van der Waals surface area contributed by atoms with Crippen LogP contribution in [0.15, 0.2) is 67.1 Å². The molecule has 0 aliphatic carbocycles. The number of nitrogens with zero attached hydrogens (tertiary/aromatic N) is 5. The summed E-state index contributed by atoms with van der Waals surface area (Å²) in [5.41, 5.74) is 8.53. The molecule has 2 amide bonds. The average Bonchev–Trinajstić information content (AvgIpc) is 3.36. The van der Waals surface area contributed by atoms with Gasteiger partial charge in [0.25, 0.3) is 0 Å². The van der Waals surface area contributed by atoms with Crippen molar-refractivity contribution in [3.63, 3.8) is 0 Å². The van der Waals surface area contributed by atoms with Gasteiger partial charge in [0.1, 0.15) is 12.5 Å². The summed E-state index contributed by atoms with van der Waals surface area (Å²) in [5.74, 6) is -1.22. The van der Waals surface area contributed by atoms with Crippen molar-refractivity contribution in [1.29, 1.82) is 0 Å². The smallest absolute Gasteiger partial charge is 0.314 e. The Labute approximate surface area is 229 Å². The highest BCUT2D eigenvalue weighted by molar-refractivity contribution is 6.76. The van der Waals surface area contributed by atoms with Crippen molar-refractivity contribution >= 4 is 42.3 Å². The number of amides is 2. The van der Waals surface area contributed by atoms with E-state index in [9.17, 15) is 9.59 Å². The van der Waals surface area contributed by atoms with E-state index < -0.39 is 25.9 Å². The summed E-state index contributed by atoms with van der Waals surface area (Å²) < 4.78 is 7.49. The van der Waals surface area contributed by atoms with E-state index in [0.29, 0.717) is 28.9 Å². The van der Waals surface area contributed by atoms with Crippen LogP contribution in [-0.4, -0.2) is 51.1 Å². The first-order chi connectivity index (χ1) is 18.6. The minimum Gasteiger partial charge on any atom is -0.383 e. The normalized spacial score (nSPS) is 12.3. The Hall–Kier alpha value is -4.09. The van der Waals surface area contributed by atoms with Gasteiger partial charge in [0.05, 0.1) is 40.7 Å². The molecule has 0 saturated carbocycles. The fourth-order valence-electron chi connectivity index (χ4n) is 4.09. The number of ether oxygens (including phenoxy) is 1. The zero-order valence-corrected chi connectivity index (χ0v) is 23.8. The largest absolute Gasteiger partial charge is 0.383 e. The molecule has 204 valence electrons. The van der Waals surface area contributed by atoms with E-state index in [1.54, 1.807) is 17.1 Å². The minimum atomic E-state index is -1.25. The summed E-state index contributed by atoms with van der Waals surface area (Å²) in [6.07, 6.45) is 4.69. The van der Waals surface area contributed by atoms with Crippen LogP contribution in [0.25, 0.3) is 10.9 Å². The summed E-state index contributed by atoms with van der Waals surface area (Å²) in [7, 11) is -1.25. The lowest BCUT2D eigenvalue weighted by molar-refractivity contribution is -0.145. The Morgan fingerprint density at radius 3 is 2.51 bits per heavy atom. The van der Waals surface area contributed by atoms with Crippen LogP contribution >= 0.6 is 0 Å². The van der Waals surface area contributed by atoms with Crippen molar-refractivity contribution in [1.82, 2.24) is 24.6 Å². The number of hydrogen-bond donors (Lipinski definition) is 2. The quantitative estimate of drug-likeness (QED) is 0.171. The molecule has 0 saturated heterocycles. The number of fused-ring (bicyclic) bond motifs is 1. The molecule has 11 heteroatoms. The molecule has 4 rings (SSSR count). The number of nitrogen functional groups attached to an aromatic ring is 1. The first-order valence-corrected chi connectivity index (χ1v) is 16.6. The highest BCUT2D eigenvalue weighted by Crippen LogP contribution is 2.27. The van der Waals surface area contributed by atoms with Crippen LogP contribution in [-0.2, 0) is 27.6 Å². The summed E-state index contributed by atoms with van der Waals surface area (Å²) in [6.45, 7) is 9.74. The van der Waals surface area contributed by atoms with Crippen molar-refractivity contribution in [2.45, 2.75) is 51.9 Å². The molecule has 10 nitrogen and oxygen atoms in total. The van der Waals surface area contributed by atoms with Crippen molar-refractivity contribution in [3.8, 4) is 0 Å². The maximum Gasteiger partial charge on any atom is 0.314 e. The molecule has 3 aromatic heterocycles. The van der Waals surface area contributed by atoms with Crippen molar-refractivity contribution in [3.05, 3.63) is 78.4 Å². The number of benzene rings is 1. The zero-order valence-electron chi connectivity index (χ0n) is 22.8. The first kappa shape index (κ1) is 27.9. The Kier molecular flexibility index (Phi) is 8.72. The second-order valence-electron chi connectivity index (χ2n) is 10.6. The zero-order chi connectivity index (χ0) is 28.0. The van der Waals surface area contributed by atoms with E-state index in [1.165, 1.54) is 11.1 Å². The molecule has 1 unspecified atom stereocenters. The topological polar surface area (TPSA) is 128 Å². The SMILES string of the molecule is CC(c1ccccn1)N(Cc1ccccc1)C(=O)C(=O)Nc1cnc(N)c2cnn(COCC[Si](C)(C)C)c12. The second-order valence-corrected chi connectivity index (χ2v) is 16.2. The van der Waals surface area contributed by atoms with Crippen molar-refractivity contribution < 1.29 is 14.3 Å². The Bertz CT molecular complexity index is 1420. The van der Waals surface area contributed by atoms with Gasteiger partial charge in [-0.25, -0.2) is 9.67 Å². The molecule has 0 aliphatic heterocycles. The third-order valence-corrected chi connectivity index (χ3v) is 8.10. The fourth-order valence-corrected chi connectivity index (χ4v) is 4.85. The number of nitrogens with one attached hydrogen (secondary N) is 1. The molecule has 0 radical (unpaired) electrons. The van der Waals surface area contributed by atoms with Crippen LogP contribution < -0.4 is 11.1 Å². The van der Waals surface area contributed by atoms with Crippen LogP contribution in [0.1, 0.15) is 24.2 Å². The van der Waals surface area contributed by atoms with Gasteiger partial charge >= 0.3 is 11.8 Å². The molecule has 1 aromatic carbocycles. The van der Waals surface area contributed by atoms with Crippen molar-refractivity contribution in [2.24, 2.45) is 0 Å². The standard InChI is InChI=1S/C28H35N7O3Si/c1-20(23-12-8-9-13-30-23)34(18-21-10-6-5-7-11-21)28(37)27(36)33-24-17-31-26(29)22-16-32-35(25(22)24)19-38-14-15-39(2,3)4/h5-13,16-17,20H,14-15,18-19H2,1-4H3,(H2,29,31)(H,33,36). The van der Waals surface area contributed by atoms with Gasteiger partial charge in [0.2, 0.25) is 0 Å². The lowest BCUT2D eigenvalue weighted by Crippen LogP contribution is -2.41. The number of aromatic nitrogens is 4. The average molecular weight is 546 g/mol. The van der Waals surface area contributed by atoms with Gasteiger partial charge in [-0.05, 0) is 30.7 Å². The second kappa shape index (κ2) is 12.2. The Morgan fingerprint density at radius 1 is 1.08 bits per heavy atom. The van der Waals surface area contributed by atoms with E-state index in [1.807, 2.05) is 55.5 Å². The van der Waals surface area contributed by atoms with Crippen molar-refractivity contribution in [2.75, 3.05) is 17.7 Å². The highest BCUT2D eigenvalue weighted by atomic mass is 28.3. The van der Waals surface area contributed by atoms with Crippen LogP contribution in [0.4, 0.5) is 11.5 Å². The summed E-state index contributed by atoms with van der Waals surface area (Å²) in [4.78, 5) is 37.1. The van der Waals surface area contributed by atoms with Crippen LogP contribution in [0, 0.1) is 0 Å². The van der Waals surface area contributed by atoms with E-state index in [-0.39, 0.29) is 19.1 Å². The molecule has 0 fully saturated rings. The van der Waals surface area contributed by atoms with E-state index in [2.05, 4.69) is 40.0 Å². The van der Waals surface area contributed by atoms with Gasteiger partial charge < -0.3 is 20.7 Å². The van der Waals surface area contributed by atoms with E-state index in [0.717, 1.165) is 11.6 Å². The molecule has 0 aliphatic rings. The van der Waals surface area contributed by atoms with Crippen LogP contribution in [0.2, 0.25) is 25.7 Å².